The van der Waals surface area contributed by atoms with Gasteiger partial charge in [0.15, 0.2) is 0 Å². The Balaban J connectivity index is 0.000000185. The predicted octanol–water partition coefficient (Wildman–Crippen LogP) is 5.56. The zero-order valence-electron chi connectivity index (χ0n) is 17.9. The van der Waals surface area contributed by atoms with E-state index < -0.39 is 5.97 Å². The fourth-order valence-corrected chi connectivity index (χ4v) is 3.67. The van der Waals surface area contributed by atoms with Crippen LogP contribution in [0.2, 0.25) is 0 Å². The smallest absolute Gasteiger partial charge is 0.337 e. The zero-order valence-corrected chi connectivity index (χ0v) is 17.9. The average molecular weight is 412 g/mol. The molecule has 5 heteroatoms. The quantitative estimate of drug-likeness (QED) is 0.575. The molecular formula is C26H25N3O2. The third-order valence-electron chi connectivity index (χ3n) is 5.71. The minimum atomic E-state index is -0.940. The van der Waals surface area contributed by atoms with E-state index in [2.05, 4.69) is 24.9 Å². The number of hydrogen-bond acceptors (Lipinski definition) is 4. The number of aromatic nitrogens is 1. The summed E-state index contributed by atoms with van der Waals surface area (Å²) < 4.78 is 0. The van der Waals surface area contributed by atoms with Crippen LogP contribution in [0.1, 0.15) is 43.1 Å². The molecule has 0 amide bonds. The summed E-state index contributed by atoms with van der Waals surface area (Å²) in [5.74, 6) is -0.940. The molecule has 0 radical (unpaired) electrons. The maximum atomic E-state index is 10.8. The zero-order chi connectivity index (χ0) is 22.6. The highest BCUT2D eigenvalue weighted by atomic mass is 16.4. The summed E-state index contributed by atoms with van der Waals surface area (Å²) in [5, 5.41) is 19.1. The van der Waals surface area contributed by atoms with Crippen LogP contribution in [0.4, 0.5) is 0 Å². The monoisotopic (exact) mass is 411 g/mol. The van der Waals surface area contributed by atoms with Crippen molar-refractivity contribution < 1.29 is 9.90 Å². The van der Waals surface area contributed by atoms with Crippen molar-refractivity contribution in [1.82, 2.24) is 4.98 Å². The van der Waals surface area contributed by atoms with Crippen molar-refractivity contribution >= 4 is 22.4 Å². The van der Waals surface area contributed by atoms with Crippen molar-refractivity contribution in [3.8, 4) is 6.07 Å². The number of nitriles is 1. The molecule has 3 N–H and O–H groups in total. The summed E-state index contributed by atoms with van der Waals surface area (Å²) in [4.78, 5) is 14.8. The molecule has 156 valence electrons. The second kappa shape index (κ2) is 8.85. The molecule has 1 heterocycles. The van der Waals surface area contributed by atoms with Gasteiger partial charge in [-0.15, -0.1) is 0 Å². The molecule has 0 aliphatic heterocycles. The Hall–Kier alpha value is -3.91. The lowest BCUT2D eigenvalue weighted by molar-refractivity contribution is 0.0699. The first-order valence-electron chi connectivity index (χ1n) is 9.99. The Morgan fingerprint density at radius 1 is 1.10 bits per heavy atom. The van der Waals surface area contributed by atoms with Crippen molar-refractivity contribution in [2.75, 3.05) is 0 Å². The molecule has 0 bridgehead atoms. The predicted molar refractivity (Wildman–Crippen MR) is 123 cm³/mol. The molecule has 0 saturated carbocycles. The molecule has 2 aromatic carbocycles. The van der Waals surface area contributed by atoms with Gasteiger partial charge in [0.25, 0.3) is 0 Å². The number of hydrogen-bond donors (Lipinski definition) is 2. The van der Waals surface area contributed by atoms with Gasteiger partial charge in [-0.3, -0.25) is 4.98 Å². The molecule has 5 nitrogen and oxygen atoms in total. The topological polar surface area (TPSA) is 100 Å². The fraction of sp³-hybridized carbons (Fsp3) is 0.192. The number of carbonyl (C=O) groups is 1. The van der Waals surface area contributed by atoms with Gasteiger partial charge < -0.3 is 10.8 Å². The SMILES string of the molecule is CC1=C(N)C(C#N)=C(c2ccccc2)CC1(C)C.O=C(O)c1cccc2cccnc12. The minimum Gasteiger partial charge on any atom is -0.478 e. The maximum Gasteiger partial charge on any atom is 0.337 e. The summed E-state index contributed by atoms with van der Waals surface area (Å²) >= 11 is 0. The van der Waals surface area contributed by atoms with E-state index in [4.69, 9.17) is 10.8 Å². The number of nitrogens with zero attached hydrogens (tertiary/aromatic N) is 2. The van der Waals surface area contributed by atoms with Crippen LogP contribution in [0, 0.1) is 16.7 Å². The Labute approximate surface area is 182 Å². The number of benzene rings is 2. The fourth-order valence-electron chi connectivity index (χ4n) is 3.67. The standard InChI is InChI=1S/C16H18N2.C10H7NO2/c1-11-15(18)14(10-17)13(9-16(11,2)3)12-7-5-4-6-8-12;12-10(13)8-5-1-3-7-4-2-6-11-9(7)8/h4-8H,9,18H2,1-3H3;1-6H,(H,12,13). The first-order chi connectivity index (χ1) is 14.8. The summed E-state index contributed by atoms with van der Waals surface area (Å²) in [7, 11) is 0. The third-order valence-corrected chi connectivity index (χ3v) is 5.71. The van der Waals surface area contributed by atoms with Crippen molar-refractivity contribution in [3.63, 3.8) is 0 Å². The number of carboxylic acids is 1. The summed E-state index contributed by atoms with van der Waals surface area (Å²) in [6, 6.07) is 21.0. The van der Waals surface area contributed by atoms with E-state index in [0.29, 0.717) is 16.8 Å². The third kappa shape index (κ3) is 4.49. The van der Waals surface area contributed by atoms with Crippen LogP contribution in [0.3, 0.4) is 0 Å². The summed E-state index contributed by atoms with van der Waals surface area (Å²) in [6.45, 7) is 6.37. The van der Waals surface area contributed by atoms with Crippen LogP contribution in [0.5, 0.6) is 0 Å². The lowest BCUT2D eigenvalue weighted by Gasteiger charge is -2.33. The van der Waals surface area contributed by atoms with E-state index >= 15 is 0 Å². The minimum absolute atomic E-state index is 0.00953. The molecule has 1 aromatic heterocycles. The van der Waals surface area contributed by atoms with E-state index in [1.807, 2.05) is 49.4 Å². The van der Waals surface area contributed by atoms with E-state index in [1.54, 1.807) is 24.4 Å². The Morgan fingerprint density at radius 2 is 1.77 bits per heavy atom. The number of rotatable bonds is 2. The first-order valence-corrected chi connectivity index (χ1v) is 9.99. The summed E-state index contributed by atoms with van der Waals surface area (Å²) in [5.41, 5.74) is 11.5. The molecule has 0 spiro atoms. The number of carboxylic acid groups (broad SMARTS) is 1. The molecule has 3 aromatic rings. The van der Waals surface area contributed by atoms with Gasteiger partial charge in [-0.25, -0.2) is 4.79 Å². The van der Waals surface area contributed by atoms with Crippen LogP contribution in [-0.2, 0) is 0 Å². The largest absolute Gasteiger partial charge is 0.478 e. The molecule has 4 rings (SSSR count). The molecule has 31 heavy (non-hydrogen) atoms. The van der Waals surface area contributed by atoms with Crippen molar-refractivity contribution in [3.05, 3.63) is 94.8 Å². The average Bonchev–Trinajstić information content (AvgIpc) is 2.78. The Morgan fingerprint density at radius 3 is 2.42 bits per heavy atom. The van der Waals surface area contributed by atoms with E-state index in [-0.39, 0.29) is 11.0 Å². The highest BCUT2D eigenvalue weighted by Gasteiger charge is 2.31. The molecule has 0 atom stereocenters. The van der Waals surface area contributed by atoms with Crippen LogP contribution in [0.15, 0.2) is 83.7 Å². The molecular weight excluding hydrogens is 386 g/mol. The highest BCUT2D eigenvalue weighted by molar-refractivity contribution is 6.01. The normalized spacial score (nSPS) is 15.2. The van der Waals surface area contributed by atoms with E-state index in [9.17, 15) is 10.1 Å². The van der Waals surface area contributed by atoms with Gasteiger partial charge in [0.2, 0.25) is 0 Å². The van der Waals surface area contributed by atoms with Crippen molar-refractivity contribution in [2.45, 2.75) is 27.2 Å². The van der Waals surface area contributed by atoms with Gasteiger partial charge in [-0.2, -0.15) is 5.26 Å². The lowest BCUT2D eigenvalue weighted by Crippen LogP contribution is -2.24. The molecule has 0 unspecified atom stereocenters. The van der Waals surface area contributed by atoms with Gasteiger partial charge in [-0.1, -0.05) is 62.4 Å². The van der Waals surface area contributed by atoms with Crippen LogP contribution >= 0.6 is 0 Å². The van der Waals surface area contributed by atoms with Crippen molar-refractivity contribution in [1.29, 1.82) is 5.26 Å². The van der Waals surface area contributed by atoms with E-state index in [1.165, 1.54) is 0 Å². The van der Waals surface area contributed by atoms with Gasteiger partial charge in [0.1, 0.15) is 6.07 Å². The van der Waals surface area contributed by atoms with Gasteiger partial charge in [-0.05, 0) is 47.6 Å². The highest BCUT2D eigenvalue weighted by Crippen LogP contribution is 2.44. The number of pyridine rings is 1. The molecule has 0 fully saturated rings. The first kappa shape index (κ1) is 21.8. The van der Waals surface area contributed by atoms with Crippen LogP contribution in [-0.4, -0.2) is 16.1 Å². The van der Waals surface area contributed by atoms with Crippen LogP contribution < -0.4 is 5.73 Å². The lowest BCUT2D eigenvalue weighted by atomic mass is 9.71. The van der Waals surface area contributed by atoms with Gasteiger partial charge >= 0.3 is 5.97 Å². The second-order valence-electron chi connectivity index (χ2n) is 8.12. The van der Waals surface area contributed by atoms with Crippen LogP contribution in [0.25, 0.3) is 16.5 Å². The number of aromatic carboxylic acids is 1. The Kier molecular flexibility index (Phi) is 6.22. The number of nitrogens with two attached hydrogens (primary N) is 1. The van der Waals surface area contributed by atoms with E-state index in [0.717, 1.165) is 28.5 Å². The molecule has 1 aliphatic rings. The van der Waals surface area contributed by atoms with Gasteiger partial charge in [0, 0.05) is 17.3 Å². The number of fused-ring (bicyclic) bond motifs is 1. The van der Waals surface area contributed by atoms with Gasteiger partial charge in [0.05, 0.1) is 16.7 Å². The molecule has 1 aliphatic carbocycles. The second-order valence-corrected chi connectivity index (χ2v) is 8.12. The maximum absolute atomic E-state index is 10.8. The Bertz CT molecular complexity index is 1230. The molecule has 0 saturated heterocycles. The number of para-hydroxylation sites is 1. The van der Waals surface area contributed by atoms with Crippen molar-refractivity contribution in [2.24, 2.45) is 11.1 Å². The number of allylic oxidation sites excluding steroid dienone is 3. The summed E-state index contributed by atoms with van der Waals surface area (Å²) in [6.07, 6.45) is 2.45.